The number of ketones is 1. The molecule has 0 N–H and O–H groups in total. The van der Waals surface area contributed by atoms with Gasteiger partial charge in [0.2, 0.25) is 0 Å². The Hall–Kier alpha value is 0.310. The van der Waals surface area contributed by atoms with E-state index >= 15 is 0 Å². The van der Waals surface area contributed by atoms with E-state index in [1.54, 1.807) is 0 Å². The lowest BCUT2D eigenvalue weighted by Gasteiger charge is -2.00. The molecule has 9 heavy (non-hydrogen) atoms. The van der Waals surface area contributed by atoms with Crippen LogP contribution >= 0.6 is 23.4 Å². The molecule has 1 aliphatic rings. The maximum atomic E-state index is 10.9. The molecule has 1 atom stereocenters. The predicted molar refractivity (Wildman–Crippen MR) is 41.2 cm³/mol. The van der Waals surface area contributed by atoms with Crippen LogP contribution in [0.2, 0.25) is 0 Å². The average molecular weight is 165 g/mol. The van der Waals surface area contributed by atoms with Crippen LogP contribution in [0.25, 0.3) is 0 Å². The van der Waals surface area contributed by atoms with Gasteiger partial charge in [0.15, 0.2) is 5.78 Å². The van der Waals surface area contributed by atoms with Crippen molar-refractivity contribution in [2.45, 2.75) is 6.42 Å². The number of thioether (sulfide) groups is 1. The quantitative estimate of drug-likeness (QED) is 0.577. The van der Waals surface area contributed by atoms with Crippen LogP contribution in [0.1, 0.15) is 6.42 Å². The van der Waals surface area contributed by atoms with Crippen molar-refractivity contribution in [1.29, 1.82) is 0 Å². The molecule has 0 saturated carbocycles. The second-order valence-corrected chi connectivity index (χ2v) is 3.58. The highest BCUT2D eigenvalue weighted by atomic mass is 35.5. The summed E-state index contributed by atoms with van der Waals surface area (Å²) in [6.45, 7) is 0. The van der Waals surface area contributed by atoms with E-state index in [0.717, 1.165) is 17.9 Å². The van der Waals surface area contributed by atoms with Crippen molar-refractivity contribution in [2.75, 3.05) is 17.4 Å². The first-order valence-electron chi connectivity index (χ1n) is 3.01. The topological polar surface area (TPSA) is 17.1 Å². The van der Waals surface area contributed by atoms with Gasteiger partial charge in [-0.15, -0.1) is 11.6 Å². The summed E-state index contributed by atoms with van der Waals surface area (Å²) in [6.07, 6.45) is 1.04. The minimum Gasteiger partial charge on any atom is -0.298 e. The zero-order valence-electron chi connectivity index (χ0n) is 5.10. The number of hydrogen-bond acceptors (Lipinski definition) is 2. The molecule has 1 aliphatic heterocycles. The average Bonchev–Trinajstić information content (AvgIpc) is 2.37. The van der Waals surface area contributed by atoms with E-state index in [9.17, 15) is 4.79 Å². The first kappa shape index (κ1) is 7.42. The number of rotatable bonds is 2. The third-order valence-electron chi connectivity index (χ3n) is 1.52. The molecule has 0 amide bonds. The lowest BCUT2D eigenvalue weighted by atomic mass is 10.1. The number of Topliss-reactive ketones (excluding diaryl/α,β-unsaturated/α-hetero) is 1. The molecule has 3 heteroatoms. The smallest absolute Gasteiger partial charge is 0.151 e. The second kappa shape index (κ2) is 3.47. The number of carbonyl (C=O) groups excluding carboxylic acids is 1. The summed E-state index contributed by atoms with van der Waals surface area (Å²) in [6, 6.07) is 0. The summed E-state index contributed by atoms with van der Waals surface area (Å²) in [7, 11) is 0. The van der Waals surface area contributed by atoms with Crippen molar-refractivity contribution < 1.29 is 4.79 Å². The number of hydrogen-bond donors (Lipinski definition) is 0. The van der Waals surface area contributed by atoms with Crippen molar-refractivity contribution >= 4 is 29.1 Å². The first-order valence-corrected chi connectivity index (χ1v) is 4.70. The van der Waals surface area contributed by atoms with Gasteiger partial charge in [-0.25, -0.2) is 0 Å². The molecule has 1 rings (SSSR count). The van der Waals surface area contributed by atoms with Gasteiger partial charge in [-0.1, -0.05) is 0 Å². The molecule has 1 unspecified atom stereocenters. The SMILES string of the molecule is O=C(CCl)C1CCSC1. The summed E-state index contributed by atoms with van der Waals surface area (Å²) in [5, 5.41) is 0. The third-order valence-corrected chi connectivity index (χ3v) is 2.94. The molecule has 0 radical (unpaired) electrons. The van der Waals surface area contributed by atoms with Crippen molar-refractivity contribution in [2.24, 2.45) is 5.92 Å². The normalized spacial score (nSPS) is 26.6. The van der Waals surface area contributed by atoms with Crippen LogP contribution in [0.5, 0.6) is 0 Å². The van der Waals surface area contributed by atoms with Gasteiger partial charge in [0.1, 0.15) is 0 Å². The monoisotopic (exact) mass is 164 g/mol. The maximum absolute atomic E-state index is 10.9. The Labute approximate surface area is 64.1 Å². The van der Waals surface area contributed by atoms with Crippen LogP contribution < -0.4 is 0 Å². The van der Waals surface area contributed by atoms with E-state index in [1.165, 1.54) is 0 Å². The molecule has 1 fully saturated rings. The molecule has 1 nitrogen and oxygen atoms in total. The molecule has 0 spiro atoms. The second-order valence-electron chi connectivity index (χ2n) is 2.16. The lowest BCUT2D eigenvalue weighted by Crippen LogP contribution is -2.14. The predicted octanol–water partition coefficient (Wildman–Crippen LogP) is 1.55. The number of halogens is 1. The van der Waals surface area contributed by atoms with Crippen molar-refractivity contribution in [3.05, 3.63) is 0 Å². The summed E-state index contributed by atoms with van der Waals surface area (Å²) in [5.74, 6) is 2.82. The Morgan fingerprint density at radius 1 is 1.78 bits per heavy atom. The molecule has 0 bridgehead atoms. The van der Waals surface area contributed by atoms with Gasteiger partial charge in [-0.05, 0) is 12.2 Å². The fourth-order valence-corrected chi connectivity index (χ4v) is 2.37. The summed E-state index contributed by atoms with van der Waals surface area (Å²) >= 11 is 7.22. The third kappa shape index (κ3) is 1.87. The Kier molecular flexibility index (Phi) is 2.86. The molecule has 0 aromatic rings. The molecular formula is C6H9ClOS. The first-order chi connectivity index (χ1) is 4.34. The van der Waals surface area contributed by atoms with Gasteiger partial charge in [0.25, 0.3) is 0 Å². The van der Waals surface area contributed by atoms with Gasteiger partial charge in [-0.2, -0.15) is 11.8 Å². The van der Waals surface area contributed by atoms with E-state index in [1.807, 2.05) is 11.8 Å². The Bertz CT molecular complexity index is 110. The summed E-state index contributed by atoms with van der Waals surface area (Å²) < 4.78 is 0. The fraction of sp³-hybridized carbons (Fsp3) is 0.833. The molecule has 0 aromatic carbocycles. The Balaban J connectivity index is 2.32. The molecule has 1 heterocycles. The Morgan fingerprint density at radius 3 is 3.00 bits per heavy atom. The van der Waals surface area contributed by atoms with Crippen LogP contribution in [0.15, 0.2) is 0 Å². The molecule has 0 aromatic heterocycles. The zero-order chi connectivity index (χ0) is 6.69. The van der Waals surface area contributed by atoms with Crippen LogP contribution in [-0.4, -0.2) is 23.2 Å². The standard InChI is InChI=1S/C6H9ClOS/c7-3-6(8)5-1-2-9-4-5/h5H,1-4H2. The van der Waals surface area contributed by atoms with Gasteiger partial charge in [0.05, 0.1) is 5.88 Å². The highest BCUT2D eigenvalue weighted by molar-refractivity contribution is 7.99. The number of carbonyl (C=O) groups is 1. The van der Waals surface area contributed by atoms with E-state index in [2.05, 4.69) is 0 Å². The molecular weight excluding hydrogens is 156 g/mol. The minimum absolute atomic E-state index is 0.200. The molecule has 1 saturated heterocycles. The van der Waals surface area contributed by atoms with Crippen molar-refractivity contribution in [1.82, 2.24) is 0 Å². The number of alkyl halides is 1. The van der Waals surface area contributed by atoms with Crippen LogP contribution in [0.4, 0.5) is 0 Å². The zero-order valence-corrected chi connectivity index (χ0v) is 6.67. The highest BCUT2D eigenvalue weighted by Crippen LogP contribution is 2.24. The largest absolute Gasteiger partial charge is 0.298 e. The van der Waals surface area contributed by atoms with E-state index in [0.29, 0.717) is 0 Å². The maximum Gasteiger partial charge on any atom is 0.151 e. The van der Waals surface area contributed by atoms with E-state index in [4.69, 9.17) is 11.6 Å². The van der Waals surface area contributed by atoms with E-state index < -0.39 is 0 Å². The summed E-state index contributed by atoms with van der Waals surface area (Å²) in [4.78, 5) is 10.9. The van der Waals surface area contributed by atoms with Crippen LogP contribution in [0, 0.1) is 5.92 Å². The van der Waals surface area contributed by atoms with Crippen LogP contribution in [0.3, 0.4) is 0 Å². The van der Waals surface area contributed by atoms with Gasteiger partial charge < -0.3 is 0 Å². The molecule has 52 valence electrons. The summed E-state index contributed by atoms with van der Waals surface area (Å²) in [5.41, 5.74) is 0. The fourth-order valence-electron chi connectivity index (χ4n) is 0.898. The van der Waals surface area contributed by atoms with E-state index in [-0.39, 0.29) is 17.6 Å². The van der Waals surface area contributed by atoms with Gasteiger partial charge in [0, 0.05) is 11.7 Å². The van der Waals surface area contributed by atoms with Crippen molar-refractivity contribution in [3.8, 4) is 0 Å². The lowest BCUT2D eigenvalue weighted by molar-refractivity contribution is -0.119. The highest BCUT2D eigenvalue weighted by Gasteiger charge is 2.21. The van der Waals surface area contributed by atoms with Gasteiger partial charge >= 0.3 is 0 Å². The van der Waals surface area contributed by atoms with Crippen molar-refractivity contribution in [3.63, 3.8) is 0 Å². The van der Waals surface area contributed by atoms with Gasteiger partial charge in [-0.3, -0.25) is 4.79 Å². The Morgan fingerprint density at radius 2 is 2.56 bits per heavy atom. The van der Waals surface area contributed by atoms with Crippen LogP contribution in [-0.2, 0) is 4.79 Å². The molecule has 0 aliphatic carbocycles. The minimum atomic E-state index is 0.200.